The Balaban J connectivity index is 3.02. The lowest BCUT2D eigenvalue weighted by Crippen LogP contribution is -2.33. The van der Waals surface area contributed by atoms with Gasteiger partial charge in [-0.15, -0.1) is 0 Å². The Morgan fingerprint density at radius 2 is 1.76 bits per heavy atom. The summed E-state index contributed by atoms with van der Waals surface area (Å²) < 4.78 is 11.4. The maximum atomic E-state index is 13.0. The summed E-state index contributed by atoms with van der Waals surface area (Å²) >= 11 is 0. The third kappa shape index (κ3) is 14.9. The molecule has 0 amide bonds. The molecule has 1 heterocycles. The van der Waals surface area contributed by atoms with E-state index in [9.17, 15) is 19.8 Å². The third-order valence-corrected chi connectivity index (χ3v) is 7.32. The summed E-state index contributed by atoms with van der Waals surface area (Å²) in [7, 11) is 0. The summed E-state index contributed by atoms with van der Waals surface area (Å²) in [4.78, 5) is 24.6. The van der Waals surface area contributed by atoms with Gasteiger partial charge in [-0.2, -0.15) is 0 Å². The maximum absolute atomic E-state index is 13.0. The molecule has 6 nitrogen and oxygen atoms in total. The monoisotopic (exact) mass is 534 g/mol. The van der Waals surface area contributed by atoms with E-state index in [1.165, 1.54) is 26.2 Å². The Morgan fingerprint density at radius 1 is 1.03 bits per heavy atom. The Morgan fingerprint density at radius 3 is 2.45 bits per heavy atom. The lowest BCUT2D eigenvalue weighted by Gasteiger charge is -2.26. The molecule has 1 rings (SSSR count). The molecule has 0 spiro atoms. The van der Waals surface area contributed by atoms with E-state index in [1.54, 1.807) is 6.92 Å². The summed E-state index contributed by atoms with van der Waals surface area (Å²) in [6.45, 7) is 11.4. The minimum atomic E-state index is -0.835. The van der Waals surface area contributed by atoms with Gasteiger partial charge in [0.1, 0.15) is 12.2 Å². The summed E-state index contributed by atoms with van der Waals surface area (Å²) in [5.74, 6) is -1.08. The highest BCUT2D eigenvalue weighted by Crippen LogP contribution is 2.24. The van der Waals surface area contributed by atoms with Crippen LogP contribution in [0.2, 0.25) is 0 Å². The van der Waals surface area contributed by atoms with Crippen molar-refractivity contribution >= 4 is 11.9 Å². The number of esters is 2. The summed E-state index contributed by atoms with van der Waals surface area (Å²) in [5.41, 5.74) is 1.07. The fourth-order valence-corrected chi connectivity index (χ4v) is 4.81. The van der Waals surface area contributed by atoms with E-state index in [4.69, 9.17) is 9.47 Å². The highest BCUT2D eigenvalue weighted by atomic mass is 16.6. The first-order valence-corrected chi connectivity index (χ1v) is 14.8. The highest BCUT2D eigenvalue weighted by Gasteiger charge is 2.29. The van der Waals surface area contributed by atoms with E-state index in [2.05, 4.69) is 38.2 Å². The molecule has 0 saturated carbocycles. The second kappa shape index (κ2) is 19.2. The molecule has 1 aliphatic rings. The van der Waals surface area contributed by atoms with Crippen molar-refractivity contribution in [1.29, 1.82) is 0 Å². The number of carbonyl (C=O) groups is 2. The fourth-order valence-electron chi connectivity index (χ4n) is 4.81. The van der Waals surface area contributed by atoms with Crippen molar-refractivity contribution in [2.45, 2.75) is 137 Å². The number of hydrogen-bond acceptors (Lipinski definition) is 6. The molecule has 0 fully saturated rings. The number of aliphatic hydroxyl groups excluding tert-OH is 2. The largest absolute Gasteiger partial charge is 0.460 e. The smallest absolute Gasteiger partial charge is 0.311 e. The van der Waals surface area contributed by atoms with Crippen LogP contribution < -0.4 is 0 Å². The van der Waals surface area contributed by atoms with E-state index in [-0.39, 0.29) is 23.9 Å². The van der Waals surface area contributed by atoms with Crippen LogP contribution in [0.25, 0.3) is 0 Å². The van der Waals surface area contributed by atoms with E-state index in [0.29, 0.717) is 38.5 Å². The van der Waals surface area contributed by atoms with Gasteiger partial charge in [0, 0.05) is 6.92 Å². The van der Waals surface area contributed by atoms with Gasteiger partial charge >= 0.3 is 11.9 Å². The van der Waals surface area contributed by atoms with E-state index in [0.717, 1.165) is 18.4 Å². The zero-order chi connectivity index (χ0) is 28.5. The van der Waals surface area contributed by atoms with Gasteiger partial charge in [-0.25, -0.2) is 0 Å². The molecule has 7 unspecified atom stereocenters. The number of ether oxygens (including phenoxy) is 2. The molecule has 218 valence electrons. The van der Waals surface area contributed by atoms with Crippen molar-refractivity contribution in [2.75, 3.05) is 0 Å². The van der Waals surface area contributed by atoms with Gasteiger partial charge in [-0.05, 0) is 89.5 Å². The molecule has 0 aliphatic carbocycles. The van der Waals surface area contributed by atoms with Gasteiger partial charge in [0.15, 0.2) is 0 Å². The normalized spacial score (nSPS) is 32.3. The predicted octanol–water partition coefficient (Wildman–Crippen LogP) is 6.84. The first-order valence-electron chi connectivity index (χ1n) is 14.8. The maximum Gasteiger partial charge on any atom is 0.311 e. The van der Waals surface area contributed by atoms with Crippen molar-refractivity contribution in [3.05, 3.63) is 36.0 Å². The molecular formula is C32H54O6. The topological polar surface area (TPSA) is 93.1 Å². The Labute approximate surface area is 231 Å². The molecule has 0 saturated heterocycles. The molecule has 0 radical (unpaired) electrons. The first kappa shape index (κ1) is 34.1. The minimum absolute atomic E-state index is 0.0834. The molecule has 7 atom stereocenters. The fraction of sp³-hybridized carbons (Fsp3) is 0.750. The number of hydrogen-bond donors (Lipinski definition) is 2. The third-order valence-electron chi connectivity index (χ3n) is 7.32. The van der Waals surface area contributed by atoms with Gasteiger partial charge < -0.3 is 19.7 Å². The van der Waals surface area contributed by atoms with Crippen molar-refractivity contribution in [1.82, 2.24) is 0 Å². The van der Waals surface area contributed by atoms with Crippen LogP contribution in [0.4, 0.5) is 0 Å². The van der Waals surface area contributed by atoms with Crippen molar-refractivity contribution in [2.24, 2.45) is 17.8 Å². The molecule has 1 aliphatic heterocycles. The van der Waals surface area contributed by atoms with Crippen LogP contribution in [0.1, 0.15) is 112 Å². The van der Waals surface area contributed by atoms with E-state index < -0.39 is 30.2 Å². The second-order valence-electron chi connectivity index (χ2n) is 11.4. The van der Waals surface area contributed by atoms with Crippen LogP contribution in [-0.2, 0) is 19.1 Å². The van der Waals surface area contributed by atoms with Crippen LogP contribution in [0, 0.1) is 17.8 Å². The van der Waals surface area contributed by atoms with Crippen LogP contribution in [0.5, 0.6) is 0 Å². The molecule has 0 aromatic heterocycles. The SMILES string of the molecule is CCCCC/C=C\C(C)=C\C1CC(C)C/C=C/CCC(O)C(OC(C)=O)CCC(C)CC(O)C(C)C(=O)O1. The van der Waals surface area contributed by atoms with Gasteiger partial charge in [-0.3, -0.25) is 9.59 Å². The van der Waals surface area contributed by atoms with Gasteiger partial charge in [0.2, 0.25) is 0 Å². The standard InChI is InChI=1S/C32H54O6/c1-7-8-9-10-12-15-23(2)20-28-21-24(3)16-13-11-14-17-29(34)31(37-27(6)33)19-18-25(4)22-30(35)26(5)32(36)38-28/h11-13,15,20,24-26,28-31,34-35H,7-10,14,16-19,21-22H2,1-6H3/b13-11+,15-12-,23-20+. The Kier molecular flexibility index (Phi) is 17.2. The summed E-state index contributed by atoms with van der Waals surface area (Å²) in [6.07, 6.45) is 17.0. The molecule has 0 aromatic carbocycles. The second-order valence-corrected chi connectivity index (χ2v) is 11.4. The number of carbonyl (C=O) groups excluding carboxylic acids is 2. The number of unbranched alkanes of at least 4 members (excludes halogenated alkanes) is 3. The molecule has 6 heteroatoms. The highest BCUT2D eigenvalue weighted by molar-refractivity contribution is 5.73. The average molecular weight is 535 g/mol. The van der Waals surface area contributed by atoms with Crippen LogP contribution in [-0.4, -0.2) is 46.6 Å². The lowest BCUT2D eigenvalue weighted by molar-refractivity contribution is -0.156. The quantitative estimate of drug-likeness (QED) is 0.161. The van der Waals surface area contributed by atoms with Crippen LogP contribution in [0.15, 0.2) is 36.0 Å². The van der Waals surface area contributed by atoms with Crippen molar-refractivity contribution in [3.8, 4) is 0 Å². The van der Waals surface area contributed by atoms with Crippen LogP contribution >= 0.6 is 0 Å². The van der Waals surface area contributed by atoms with Crippen molar-refractivity contribution in [3.63, 3.8) is 0 Å². The van der Waals surface area contributed by atoms with Gasteiger partial charge in [0.05, 0.1) is 18.1 Å². The lowest BCUT2D eigenvalue weighted by atomic mass is 9.90. The number of aliphatic hydroxyl groups is 2. The molecular weight excluding hydrogens is 480 g/mol. The molecule has 38 heavy (non-hydrogen) atoms. The number of cyclic esters (lactones) is 1. The summed E-state index contributed by atoms with van der Waals surface area (Å²) in [5, 5.41) is 21.5. The molecule has 0 aromatic rings. The molecule has 0 bridgehead atoms. The Bertz CT molecular complexity index is 770. The van der Waals surface area contributed by atoms with Crippen LogP contribution in [0.3, 0.4) is 0 Å². The van der Waals surface area contributed by atoms with Crippen molar-refractivity contribution < 1.29 is 29.3 Å². The summed E-state index contributed by atoms with van der Waals surface area (Å²) in [6, 6.07) is 0. The van der Waals surface area contributed by atoms with E-state index >= 15 is 0 Å². The van der Waals surface area contributed by atoms with E-state index in [1.807, 2.05) is 19.9 Å². The molecule has 2 N–H and O–H groups in total. The number of allylic oxidation sites excluding steroid dienone is 5. The Hall–Kier alpha value is -1.92. The average Bonchev–Trinajstić information content (AvgIpc) is 2.84. The van der Waals surface area contributed by atoms with Gasteiger partial charge in [-0.1, -0.05) is 63.5 Å². The number of rotatable bonds is 7. The predicted molar refractivity (Wildman–Crippen MR) is 153 cm³/mol. The van der Waals surface area contributed by atoms with Gasteiger partial charge in [0.25, 0.3) is 0 Å². The zero-order valence-corrected chi connectivity index (χ0v) is 24.7. The minimum Gasteiger partial charge on any atom is -0.460 e. The zero-order valence-electron chi connectivity index (χ0n) is 24.7. The first-order chi connectivity index (χ1) is 18.0.